The van der Waals surface area contributed by atoms with Crippen LogP contribution in [0.3, 0.4) is 0 Å². The SMILES string of the molecule is C=C(Br)CN1CCC(=O)NC2(CCCC2)C1=O. The van der Waals surface area contributed by atoms with Crippen molar-refractivity contribution in [3.63, 3.8) is 0 Å². The summed E-state index contributed by atoms with van der Waals surface area (Å²) in [5, 5.41) is 2.93. The molecule has 17 heavy (non-hydrogen) atoms. The number of hydrogen-bond donors (Lipinski definition) is 1. The number of nitrogens with zero attached hydrogens (tertiary/aromatic N) is 1. The fourth-order valence-corrected chi connectivity index (χ4v) is 3.00. The smallest absolute Gasteiger partial charge is 0.248 e. The van der Waals surface area contributed by atoms with Gasteiger partial charge in [0, 0.05) is 17.4 Å². The molecule has 0 radical (unpaired) electrons. The van der Waals surface area contributed by atoms with E-state index in [1.165, 1.54) is 0 Å². The maximum absolute atomic E-state index is 12.5. The Morgan fingerprint density at radius 2 is 2.06 bits per heavy atom. The Kier molecular flexibility index (Phi) is 3.56. The first kappa shape index (κ1) is 12.6. The molecule has 2 rings (SSSR count). The topological polar surface area (TPSA) is 49.4 Å². The number of hydrogen-bond acceptors (Lipinski definition) is 2. The van der Waals surface area contributed by atoms with Crippen LogP contribution in [0.4, 0.5) is 0 Å². The molecule has 5 heteroatoms. The van der Waals surface area contributed by atoms with Crippen molar-refractivity contribution in [1.82, 2.24) is 10.2 Å². The minimum atomic E-state index is -0.629. The molecular formula is C12H17BrN2O2. The highest BCUT2D eigenvalue weighted by molar-refractivity contribution is 9.11. The van der Waals surface area contributed by atoms with Crippen LogP contribution in [-0.4, -0.2) is 35.3 Å². The molecule has 0 aromatic heterocycles. The molecule has 0 atom stereocenters. The lowest BCUT2D eigenvalue weighted by molar-refractivity contribution is -0.138. The highest BCUT2D eigenvalue weighted by Crippen LogP contribution is 2.33. The molecule has 1 N–H and O–H groups in total. The van der Waals surface area contributed by atoms with E-state index in [4.69, 9.17) is 0 Å². The zero-order chi connectivity index (χ0) is 12.5. The van der Waals surface area contributed by atoms with Gasteiger partial charge in [-0.3, -0.25) is 9.59 Å². The van der Waals surface area contributed by atoms with Crippen LogP contribution in [-0.2, 0) is 9.59 Å². The van der Waals surface area contributed by atoms with Gasteiger partial charge in [-0.15, -0.1) is 0 Å². The molecule has 94 valence electrons. The molecule has 1 aliphatic heterocycles. The molecular weight excluding hydrogens is 284 g/mol. The van der Waals surface area contributed by atoms with Crippen molar-refractivity contribution in [2.45, 2.75) is 37.6 Å². The number of nitrogens with one attached hydrogen (secondary N) is 1. The quantitative estimate of drug-likeness (QED) is 0.841. The first-order chi connectivity index (χ1) is 8.03. The van der Waals surface area contributed by atoms with Crippen molar-refractivity contribution in [1.29, 1.82) is 0 Å². The van der Waals surface area contributed by atoms with Crippen LogP contribution >= 0.6 is 15.9 Å². The summed E-state index contributed by atoms with van der Waals surface area (Å²) in [4.78, 5) is 25.9. The van der Waals surface area contributed by atoms with Crippen LogP contribution in [0.15, 0.2) is 11.1 Å². The first-order valence-corrected chi connectivity index (χ1v) is 6.76. The van der Waals surface area contributed by atoms with Crippen molar-refractivity contribution in [3.8, 4) is 0 Å². The Bertz CT molecular complexity index is 362. The third kappa shape index (κ3) is 2.54. The van der Waals surface area contributed by atoms with Gasteiger partial charge in [-0.05, 0) is 12.8 Å². The highest BCUT2D eigenvalue weighted by Gasteiger charge is 2.46. The number of halogens is 1. The molecule has 1 saturated heterocycles. The first-order valence-electron chi connectivity index (χ1n) is 5.97. The minimum Gasteiger partial charge on any atom is -0.342 e. The Balaban J connectivity index is 2.22. The standard InChI is InChI=1S/C12H17BrN2O2/c1-9(13)8-15-7-4-10(16)14-12(11(15)17)5-2-3-6-12/h1-8H2,(H,14,16). The second-order valence-electron chi connectivity index (χ2n) is 4.83. The maximum atomic E-state index is 12.5. The van der Waals surface area contributed by atoms with Gasteiger partial charge in [0.2, 0.25) is 11.8 Å². The number of amides is 2. The summed E-state index contributed by atoms with van der Waals surface area (Å²) >= 11 is 3.28. The molecule has 0 bridgehead atoms. The van der Waals surface area contributed by atoms with E-state index in [1.54, 1.807) is 4.90 Å². The summed E-state index contributed by atoms with van der Waals surface area (Å²) < 4.78 is 0.772. The molecule has 4 nitrogen and oxygen atoms in total. The van der Waals surface area contributed by atoms with Crippen LogP contribution < -0.4 is 5.32 Å². The predicted octanol–water partition coefficient (Wildman–Crippen LogP) is 1.56. The van der Waals surface area contributed by atoms with Gasteiger partial charge >= 0.3 is 0 Å². The van der Waals surface area contributed by atoms with Crippen LogP contribution in [0.25, 0.3) is 0 Å². The average Bonchev–Trinajstić information content (AvgIpc) is 2.68. The lowest BCUT2D eigenvalue weighted by atomic mass is 9.96. The fourth-order valence-electron chi connectivity index (χ4n) is 2.70. The molecule has 1 spiro atoms. The van der Waals surface area contributed by atoms with Crippen LogP contribution in [0.2, 0.25) is 0 Å². The molecule has 1 heterocycles. The van der Waals surface area contributed by atoms with E-state index in [1.807, 2.05) is 0 Å². The third-order valence-electron chi connectivity index (χ3n) is 3.50. The normalized spacial score (nSPS) is 23.7. The second-order valence-corrected chi connectivity index (χ2v) is 5.95. The summed E-state index contributed by atoms with van der Waals surface area (Å²) in [6.45, 7) is 4.73. The van der Waals surface area contributed by atoms with Crippen molar-refractivity contribution >= 4 is 27.7 Å². The molecule has 2 fully saturated rings. The van der Waals surface area contributed by atoms with E-state index < -0.39 is 5.54 Å². The maximum Gasteiger partial charge on any atom is 0.248 e. The van der Waals surface area contributed by atoms with Crippen LogP contribution in [0.5, 0.6) is 0 Å². The van der Waals surface area contributed by atoms with Crippen molar-refractivity contribution in [2.75, 3.05) is 13.1 Å². The van der Waals surface area contributed by atoms with Crippen LogP contribution in [0.1, 0.15) is 32.1 Å². The van der Waals surface area contributed by atoms with E-state index in [9.17, 15) is 9.59 Å². The fraction of sp³-hybridized carbons (Fsp3) is 0.667. The van der Waals surface area contributed by atoms with Gasteiger partial charge in [-0.2, -0.15) is 0 Å². The Labute approximate surface area is 110 Å². The summed E-state index contributed by atoms with van der Waals surface area (Å²) in [5.74, 6) is 0.0457. The van der Waals surface area contributed by atoms with E-state index in [0.29, 0.717) is 19.5 Å². The summed E-state index contributed by atoms with van der Waals surface area (Å²) in [6, 6.07) is 0. The van der Waals surface area contributed by atoms with Gasteiger partial charge in [0.25, 0.3) is 0 Å². The molecule has 0 unspecified atom stereocenters. The Morgan fingerprint density at radius 3 is 2.65 bits per heavy atom. The average molecular weight is 301 g/mol. The number of rotatable bonds is 2. The summed E-state index contributed by atoms with van der Waals surface area (Å²) in [7, 11) is 0. The van der Waals surface area contributed by atoms with Gasteiger partial charge in [-0.1, -0.05) is 35.4 Å². The van der Waals surface area contributed by atoms with Crippen molar-refractivity contribution < 1.29 is 9.59 Å². The summed E-state index contributed by atoms with van der Waals surface area (Å²) in [5.41, 5.74) is -0.629. The predicted molar refractivity (Wildman–Crippen MR) is 68.6 cm³/mol. The molecule has 2 aliphatic rings. The van der Waals surface area contributed by atoms with Crippen molar-refractivity contribution in [2.24, 2.45) is 0 Å². The molecule has 0 aromatic carbocycles. The van der Waals surface area contributed by atoms with Gasteiger partial charge in [-0.25, -0.2) is 0 Å². The van der Waals surface area contributed by atoms with Gasteiger partial charge in [0.15, 0.2) is 0 Å². The highest BCUT2D eigenvalue weighted by atomic mass is 79.9. The molecule has 2 amide bonds. The molecule has 1 aliphatic carbocycles. The van der Waals surface area contributed by atoms with Crippen LogP contribution in [0, 0.1) is 0 Å². The monoisotopic (exact) mass is 300 g/mol. The van der Waals surface area contributed by atoms with Gasteiger partial charge in [0.05, 0.1) is 6.54 Å². The van der Waals surface area contributed by atoms with E-state index >= 15 is 0 Å². The van der Waals surface area contributed by atoms with E-state index in [2.05, 4.69) is 27.8 Å². The molecule has 1 saturated carbocycles. The number of carbonyl (C=O) groups excluding carboxylic acids is 2. The third-order valence-corrected chi connectivity index (χ3v) is 3.75. The van der Waals surface area contributed by atoms with Gasteiger partial charge in [0.1, 0.15) is 5.54 Å². The largest absolute Gasteiger partial charge is 0.342 e. The second kappa shape index (κ2) is 4.80. The molecule has 0 aromatic rings. The summed E-state index contributed by atoms with van der Waals surface area (Å²) in [6.07, 6.45) is 3.93. The van der Waals surface area contributed by atoms with Crippen molar-refractivity contribution in [3.05, 3.63) is 11.1 Å². The number of carbonyl (C=O) groups is 2. The Morgan fingerprint density at radius 1 is 1.41 bits per heavy atom. The zero-order valence-corrected chi connectivity index (χ0v) is 11.4. The van der Waals surface area contributed by atoms with Gasteiger partial charge < -0.3 is 10.2 Å². The lowest BCUT2D eigenvalue weighted by Crippen LogP contribution is -2.55. The van der Waals surface area contributed by atoms with E-state index in [0.717, 1.165) is 30.2 Å². The van der Waals surface area contributed by atoms with E-state index in [-0.39, 0.29) is 11.8 Å². The minimum absolute atomic E-state index is 0.0112. The lowest BCUT2D eigenvalue weighted by Gasteiger charge is -2.31. The Hall–Kier alpha value is -0.840. The zero-order valence-electron chi connectivity index (χ0n) is 9.80.